The molecule has 3 atom stereocenters. The lowest BCUT2D eigenvalue weighted by atomic mass is 10.0. The molecule has 2 N–H and O–H groups in total. The Morgan fingerprint density at radius 1 is 0.391 bits per heavy atom. The van der Waals surface area contributed by atoms with E-state index in [1.165, 1.54) is 295 Å². The first kappa shape index (κ1) is 89.7. The van der Waals surface area contributed by atoms with Crippen molar-refractivity contribution in [3.63, 3.8) is 0 Å². The molecule has 1 amide bonds. The molecule has 538 valence electrons. The van der Waals surface area contributed by atoms with Crippen LogP contribution < -0.4 is 10.2 Å². The molecule has 0 aromatic carbocycles. The Labute approximate surface area is 573 Å². The fourth-order valence-electron chi connectivity index (χ4n) is 11.9. The standard InChI is InChI=1S/C83H155N2O6P/c1-6-8-10-12-14-16-18-20-22-24-26-28-30-32-34-36-37-38-39-40-41-42-43-44-45-46-47-49-51-53-55-57-59-61-63-65-67-69-71-73-75-77-83(87)84-81(80-91-92(88,89)90-79-78-85(3,4)5)82(86)76-74-72-70-68-66-64-62-60-58-56-54-52-50-48-35-33-31-29-27-25-23-21-19-17-15-13-11-9-7-2/h8,10,14,16,20,22,26,28,58,60,66,68,74,76,81-82,86H,6-7,9,11-13,15,17-19,21,23-25,27,29-57,59,61-65,67,69-73,75,77-80H2,1-5H3,(H-,84,87,88,89)/b10-8-,16-14-,22-20-,28-26-,60-58+,68-66+,76-74+. The minimum Gasteiger partial charge on any atom is -0.756 e. The highest BCUT2D eigenvalue weighted by Crippen LogP contribution is 2.38. The highest BCUT2D eigenvalue weighted by Gasteiger charge is 2.23. The highest BCUT2D eigenvalue weighted by molar-refractivity contribution is 7.45. The lowest BCUT2D eigenvalue weighted by molar-refractivity contribution is -0.870. The summed E-state index contributed by atoms with van der Waals surface area (Å²) in [6.45, 7) is 4.56. The van der Waals surface area contributed by atoms with Gasteiger partial charge in [-0.05, 0) is 83.5 Å². The van der Waals surface area contributed by atoms with Gasteiger partial charge in [0, 0.05) is 6.42 Å². The monoisotopic (exact) mass is 1310 g/mol. The summed E-state index contributed by atoms with van der Waals surface area (Å²) in [5.41, 5.74) is 0. The number of carbonyl (C=O) groups is 1. The van der Waals surface area contributed by atoms with Crippen molar-refractivity contribution in [1.82, 2.24) is 5.32 Å². The summed E-state index contributed by atoms with van der Waals surface area (Å²) in [4.78, 5) is 25.7. The van der Waals surface area contributed by atoms with Gasteiger partial charge in [0.15, 0.2) is 0 Å². The van der Waals surface area contributed by atoms with E-state index in [-0.39, 0.29) is 12.5 Å². The van der Waals surface area contributed by atoms with Crippen LogP contribution in [0, 0.1) is 0 Å². The number of phosphoric acid groups is 1. The lowest BCUT2D eigenvalue weighted by Crippen LogP contribution is -2.45. The number of quaternary nitrogens is 1. The third kappa shape index (κ3) is 75.1. The third-order valence-electron chi connectivity index (χ3n) is 18.1. The molecule has 0 spiro atoms. The first-order chi connectivity index (χ1) is 45.0. The molecule has 3 unspecified atom stereocenters. The highest BCUT2D eigenvalue weighted by atomic mass is 31.2. The number of amides is 1. The Morgan fingerprint density at radius 3 is 1.01 bits per heavy atom. The number of hydrogen-bond acceptors (Lipinski definition) is 6. The number of nitrogens with zero attached hydrogens (tertiary/aromatic N) is 1. The number of carbonyl (C=O) groups excluding carboxylic acids is 1. The fraction of sp³-hybridized carbons (Fsp3) is 0.819. The van der Waals surface area contributed by atoms with Crippen LogP contribution in [0.2, 0.25) is 0 Å². The van der Waals surface area contributed by atoms with Gasteiger partial charge in [-0.2, -0.15) is 0 Å². The molecule has 9 heteroatoms. The first-order valence-electron chi connectivity index (χ1n) is 39.9. The van der Waals surface area contributed by atoms with Crippen LogP contribution in [0.1, 0.15) is 386 Å². The maximum absolute atomic E-state index is 13.1. The number of unbranched alkanes of at least 4 members (excludes halogenated alkanes) is 49. The fourth-order valence-corrected chi connectivity index (χ4v) is 12.7. The molecule has 0 rings (SSSR count). The summed E-state index contributed by atoms with van der Waals surface area (Å²) in [5.74, 6) is -0.205. The van der Waals surface area contributed by atoms with Crippen LogP contribution in [-0.4, -0.2) is 68.5 Å². The Morgan fingerprint density at radius 2 is 0.674 bits per heavy atom. The average Bonchev–Trinajstić information content (AvgIpc) is 2.63. The smallest absolute Gasteiger partial charge is 0.268 e. The number of nitrogens with one attached hydrogen (secondary N) is 1. The van der Waals surface area contributed by atoms with Gasteiger partial charge in [-0.15, -0.1) is 0 Å². The molecular weight excluding hydrogens is 1150 g/mol. The van der Waals surface area contributed by atoms with Crippen molar-refractivity contribution in [3.05, 3.63) is 85.1 Å². The van der Waals surface area contributed by atoms with Crippen molar-refractivity contribution in [3.8, 4) is 0 Å². The second-order valence-electron chi connectivity index (χ2n) is 28.4. The summed E-state index contributed by atoms with van der Waals surface area (Å²) in [6.07, 6.45) is 105. The Bertz CT molecular complexity index is 1780. The molecule has 0 aliphatic carbocycles. The van der Waals surface area contributed by atoms with Gasteiger partial charge >= 0.3 is 0 Å². The quantitative estimate of drug-likeness (QED) is 0.0272. The molecule has 0 radical (unpaired) electrons. The predicted octanol–water partition coefficient (Wildman–Crippen LogP) is 25.6. The minimum absolute atomic E-state index is 0.00903. The number of aliphatic hydroxyl groups is 1. The third-order valence-corrected chi connectivity index (χ3v) is 19.0. The zero-order valence-electron chi connectivity index (χ0n) is 61.8. The van der Waals surface area contributed by atoms with Crippen LogP contribution in [0.25, 0.3) is 0 Å². The number of hydrogen-bond donors (Lipinski definition) is 2. The van der Waals surface area contributed by atoms with Gasteiger partial charge in [-0.3, -0.25) is 9.36 Å². The maximum Gasteiger partial charge on any atom is 0.268 e. The zero-order valence-corrected chi connectivity index (χ0v) is 62.6. The van der Waals surface area contributed by atoms with E-state index in [9.17, 15) is 19.4 Å². The van der Waals surface area contributed by atoms with Crippen molar-refractivity contribution < 1.29 is 32.9 Å². The number of aliphatic hydroxyl groups excluding tert-OH is 1. The van der Waals surface area contributed by atoms with Crippen LogP contribution in [0.15, 0.2) is 85.1 Å². The van der Waals surface area contributed by atoms with Gasteiger partial charge in [-0.25, -0.2) is 0 Å². The molecule has 0 heterocycles. The van der Waals surface area contributed by atoms with E-state index in [2.05, 4.69) is 92.1 Å². The van der Waals surface area contributed by atoms with Crippen LogP contribution >= 0.6 is 7.82 Å². The van der Waals surface area contributed by atoms with Gasteiger partial charge in [0.2, 0.25) is 5.91 Å². The predicted molar refractivity (Wildman–Crippen MR) is 403 cm³/mol. The summed E-state index contributed by atoms with van der Waals surface area (Å²) >= 11 is 0. The number of phosphoric ester groups is 1. The summed E-state index contributed by atoms with van der Waals surface area (Å²) in [6, 6.07) is -0.913. The molecule has 0 aromatic heterocycles. The van der Waals surface area contributed by atoms with E-state index in [0.29, 0.717) is 17.4 Å². The normalized spacial score (nSPS) is 13.9. The van der Waals surface area contributed by atoms with E-state index in [1.54, 1.807) is 6.08 Å². The Kier molecular flexibility index (Phi) is 71.1. The molecule has 92 heavy (non-hydrogen) atoms. The van der Waals surface area contributed by atoms with Crippen molar-refractivity contribution in [1.29, 1.82) is 0 Å². The van der Waals surface area contributed by atoms with Gasteiger partial charge < -0.3 is 28.8 Å². The van der Waals surface area contributed by atoms with Gasteiger partial charge in [0.05, 0.1) is 39.9 Å². The van der Waals surface area contributed by atoms with Gasteiger partial charge in [-0.1, -0.05) is 381 Å². The van der Waals surface area contributed by atoms with Gasteiger partial charge in [0.25, 0.3) is 7.82 Å². The topological polar surface area (TPSA) is 108 Å². The van der Waals surface area contributed by atoms with Crippen molar-refractivity contribution in [2.75, 3.05) is 40.9 Å². The van der Waals surface area contributed by atoms with E-state index >= 15 is 0 Å². The van der Waals surface area contributed by atoms with Crippen LogP contribution in [0.4, 0.5) is 0 Å². The van der Waals surface area contributed by atoms with E-state index in [4.69, 9.17) is 9.05 Å². The van der Waals surface area contributed by atoms with Crippen LogP contribution in [0.5, 0.6) is 0 Å². The molecule has 0 fully saturated rings. The second kappa shape index (κ2) is 72.9. The van der Waals surface area contributed by atoms with E-state index in [1.807, 2.05) is 27.2 Å². The lowest BCUT2D eigenvalue weighted by Gasteiger charge is -2.29. The van der Waals surface area contributed by atoms with Crippen molar-refractivity contribution in [2.45, 2.75) is 398 Å². The second-order valence-corrected chi connectivity index (χ2v) is 29.8. The van der Waals surface area contributed by atoms with Crippen molar-refractivity contribution >= 4 is 13.7 Å². The first-order valence-corrected chi connectivity index (χ1v) is 41.4. The Hall–Kier alpha value is -2.32. The summed E-state index contributed by atoms with van der Waals surface area (Å²) in [7, 11) is 1.25. The molecule has 0 aliphatic rings. The summed E-state index contributed by atoms with van der Waals surface area (Å²) in [5, 5.41) is 14.0. The molecule has 0 aromatic rings. The van der Waals surface area contributed by atoms with E-state index in [0.717, 1.165) is 70.6 Å². The van der Waals surface area contributed by atoms with Crippen molar-refractivity contribution in [2.24, 2.45) is 0 Å². The Balaban J connectivity index is 3.97. The van der Waals surface area contributed by atoms with Gasteiger partial charge in [0.1, 0.15) is 13.2 Å². The average molecular weight is 1310 g/mol. The van der Waals surface area contributed by atoms with E-state index < -0.39 is 26.6 Å². The molecule has 8 nitrogen and oxygen atoms in total. The molecule has 0 bridgehead atoms. The number of rotatable bonds is 74. The largest absolute Gasteiger partial charge is 0.756 e. The zero-order chi connectivity index (χ0) is 66.9. The molecular formula is C83H155N2O6P. The summed E-state index contributed by atoms with van der Waals surface area (Å²) < 4.78 is 23.5. The number of likely N-dealkylation sites (N-methyl/N-ethyl adjacent to an activating group) is 1. The number of allylic oxidation sites excluding steroid dienone is 13. The van der Waals surface area contributed by atoms with Crippen LogP contribution in [0.3, 0.4) is 0 Å². The minimum atomic E-state index is -4.62. The maximum atomic E-state index is 13.1. The molecule has 0 saturated heterocycles. The van der Waals surface area contributed by atoms with Crippen LogP contribution in [-0.2, 0) is 18.4 Å². The SMILES string of the molecule is CC/C=C\C/C=C\C/C=C\C/C=C\CCCCCCCCCCCCCCCCCCCCCCCCCCCCCCC(=O)NC(COP(=O)([O-])OCC[N+](C)(C)C)C(O)/C=C/CC/C=C/CC/C=C/CCCCCCCCCCCCCCCCCCCCC. The molecule has 0 saturated carbocycles. The molecule has 0 aliphatic heterocycles.